The number of benzene rings is 1. The third-order valence-corrected chi connectivity index (χ3v) is 3.65. The molecule has 5 nitrogen and oxygen atoms in total. The lowest BCUT2D eigenvalue weighted by molar-refractivity contribution is -0.119. The average molecular weight is 261 g/mol. The van der Waals surface area contributed by atoms with Crippen LogP contribution < -0.4 is 15.4 Å². The van der Waals surface area contributed by atoms with E-state index >= 15 is 0 Å². The highest BCUT2D eigenvalue weighted by Gasteiger charge is 2.23. The number of hydrogen-bond donors (Lipinski definition) is 2. The lowest BCUT2D eigenvalue weighted by Crippen LogP contribution is -2.54. The molecule has 0 radical (unpaired) electrons. The molecule has 1 saturated heterocycles. The summed E-state index contributed by atoms with van der Waals surface area (Å²) in [5, 5.41) is 6.22. The van der Waals surface area contributed by atoms with Gasteiger partial charge in [0.05, 0.1) is 12.6 Å². The quantitative estimate of drug-likeness (QED) is 0.812. The SMILES string of the molecule is CN1CCNC(C(=O)Nc2ccc3c(c2)CCO3)C1. The first kappa shape index (κ1) is 12.4. The first-order valence-corrected chi connectivity index (χ1v) is 6.71. The number of nitrogens with zero attached hydrogens (tertiary/aromatic N) is 1. The summed E-state index contributed by atoms with van der Waals surface area (Å²) in [6.45, 7) is 3.33. The van der Waals surface area contributed by atoms with Crippen molar-refractivity contribution in [3.8, 4) is 5.75 Å². The molecule has 0 saturated carbocycles. The summed E-state index contributed by atoms with van der Waals surface area (Å²) in [4.78, 5) is 14.3. The maximum atomic E-state index is 12.2. The molecule has 0 spiro atoms. The largest absolute Gasteiger partial charge is 0.493 e. The van der Waals surface area contributed by atoms with Gasteiger partial charge in [-0.15, -0.1) is 0 Å². The van der Waals surface area contributed by atoms with Gasteiger partial charge in [0.15, 0.2) is 0 Å². The Labute approximate surface area is 112 Å². The minimum atomic E-state index is -0.136. The Morgan fingerprint density at radius 2 is 2.42 bits per heavy atom. The number of rotatable bonds is 2. The Morgan fingerprint density at radius 1 is 1.53 bits per heavy atom. The van der Waals surface area contributed by atoms with E-state index in [9.17, 15) is 4.79 Å². The van der Waals surface area contributed by atoms with Gasteiger partial charge in [0.25, 0.3) is 0 Å². The lowest BCUT2D eigenvalue weighted by atomic mass is 10.1. The van der Waals surface area contributed by atoms with Gasteiger partial charge in [-0.25, -0.2) is 0 Å². The van der Waals surface area contributed by atoms with Gasteiger partial charge in [-0.1, -0.05) is 0 Å². The fourth-order valence-corrected chi connectivity index (χ4v) is 2.57. The van der Waals surface area contributed by atoms with Crippen molar-refractivity contribution >= 4 is 11.6 Å². The van der Waals surface area contributed by atoms with Crippen molar-refractivity contribution in [2.75, 3.05) is 38.6 Å². The predicted molar refractivity (Wildman–Crippen MR) is 73.6 cm³/mol. The average Bonchev–Trinajstić information content (AvgIpc) is 2.86. The fourth-order valence-electron chi connectivity index (χ4n) is 2.57. The summed E-state index contributed by atoms with van der Waals surface area (Å²) in [6, 6.07) is 5.70. The third kappa shape index (κ3) is 2.72. The number of carbonyl (C=O) groups is 1. The number of ether oxygens (including phenoxy) is 1. The number of amides is 1. The number of likely N-dealkylation sites (N-methyl/N-ethyl adjacent to an activating group) is 1. The molecule has 0 aliphatic carbocycles. The van der Waals surface area contributed by atoms with Gasteiger partial charge in [0, 0.05) is 31.7 Å². The van der Waals surface area contributed by atoms with Crippen LogP contribution in [0.3, 0.4) is 0 Å². The molecule has 2 N–H and O–H groups in total. The molecule has 1 aromatic carbocycles. The molecular weight excluding hydrogens is 242 g/mol. The molecule has 1 fully saturated rings. The summed E-state index contributed by atoms with van der Waals surface area (Å²) in [7, 11) is 2.04. The summed E-state index contributed by atoms with van der Waals surface area (Å²) in [5.74, 6) is 0.971. The summed E-state index contributed by atoms with van der Waals surface area (Å²) in [5.41, 5.74) is 2.02. The van der Waals surface area contributed by atoms with Gasteiger partial charge in [-0.05, 0) is 30.8 Å². The molecule has 2 aliphatic rings. The van der Waals surface area contributed by atoms with Crippen LogP contribution in [0.2, 0.25) is 0 Å². The van der Waals surface area contributed by atoms with Gasteiger partial charge in [0.1, 0.15) is 5.75 Å². The molecular formula is C14H19N3O2. The minimum Gasteiger partial charge on any atom is -0.493 e. The van der Waals surface area contributed by atoms with Crippen molar-refractivity contribution in [3.05, 3.63) is 23.8 Å². The second kappa shape index (κ2) is 5.19. The van der Waals surface area contributed by atoms with Crippen molar-refractivity contribution in [1.82, 2.24) is 10.2 Å². The molecule has 0 bridgehead atoms. The molecule has 1 unspecified atom stereocenters. The zero-order valence-corrected chi connectivity index (χ0v) is 11.1. The smallest absolute Gasteiger partial charge is 0.242 e. The predicted octanol–water partition coefficient (Wildman–Crippen LogP) is 0.464. The number of fused-ring (bicyclic) bond motifs is 1. The maximum Gasteiger partial charge on any atom is 0.242 e. The van der Waals surface area contributed by atoms with E-state index in [1.165, 1.54) is 5.56 Å². The van der Waals surface area contributed by atoms with Crippen molar-refractivity contribution in [3.63, 3.8) is 0 Å². The molecule has 19 heavy (non-hydrogen) atoms. The van der Waals surface area contributed by atoms with Gasteiger partial charge >= 0.3 is 0 Å². The number of anilines is 1. The van der Waals surface area contributed by atoms with Crippen molar-refractivity contribution < 1.29 is 9.53 Å². The first-order chi connectivity index (χ1) is 9.22. The topological polar surface area (TPSA) is 53.6 Å². The lowest BCUT2D eigenvalue weighted by Gasteiger charge is -2.29. The molecule has 1 atom stereocenters. The van der Waals surface area contributed by atoms with Crippen LogP contribution >= 0.6 is 0 Å². The Bertz CT molecular complexity index is 490. The molecule has 0 aromatic heterocycles. The standard InChI is InChI=1S/C14H19N3O2/c1-17-6-5-15-12(9-17)14(18)16-11-2-3-13-10(8-11)4-7-19-13/h2-3,8,12,15H,4-7,9H2,1H3,(H,16,18). The van der Waals surface area contributed by atoms with Crippen LogP contribution in [0.5, 0.6) is 5.75 Å². The first-order valence-electron chi connectivity index (χ1n) is 6.71. The third-order valence-electron chi connectivity index (χ3n) is 3.65. The number of hydrogen-bond acceptors (Lipinski definition) is 4. The number of carbonyl (C=O) groups excluding carboxylic acids is 1. The Morgan fingerprint density at radius 3 is 3.26 bits per heavy atom. The van der Waals surface area contributed by atoms with Crippen molar-refractivity contribution in [1.29, 1.82) is 0 Å². The van der Waals surface area contributed by atoms with E-state index in [4.69, 9.17) is 4.74 Å². The Hall–Kier alpha value is -1.59. The summed E-state index contributed by atoms with van der Waals surface area (Å²) < 4.78 is 5.46. The van der Waals surface area contributed by atoms with E-state index in [1.807, 2.05) is 25.2 Å². The highest BCUT2D eigenvalue weighted by molar-refractivity contribution is 5.95. The van der Waals surface area contributed by atoms with Gasteiger partial charge < -0.3 is 20.3 Å². The molecule has 102 valence electrons. The highest BCUT2D eigenvalue weighted by Crippen LogP contribution is 2.27. The van der Waals surface area contributed by atoms with E-state index in [0.717, 1.165) is 44.1 Å². The second-order valence-corrected chi connectivity index (χ2v) is 5.18. The van der Waals surface area contributed by atoms with Crippen LogP contribution in [0, 0.1) is 0 Å². The van der Waals surface area contributed by atoms with Crippen LogP contribution in [0.4, 0.5) is 5.69 Å². The highest BCUT2D eigenvalue weighted by atomic mass is 16.5. The van der Waals surface area contributed by atoms with Crippen LogP contribution in [0.25, 0.3) is 0 Å². The van der Waals surface area contributed by atoms with Crippen LogP contribution in [0.15, 0.2) is 18.2 Å². The summed E-state index contributed by atoms with van der Waals surface area (Å²) >= 11 is 0. The van der Waals surface area contributed by atoms with Crippen LogP contribution in [0.1, 0.15) is 5.56 Å². The van der Waals surface area contributed by atoms with E-state index < -0.39 is 0 Å². The van der Waals surface area contributed by atoms with Gasteiger partial charge in [-0.3, -0.25) is 4.79 Å². The molecule has 5 heteroatoms. The number of piperazine rings is 1. The fraction of sp³-hybridized carbons (Fsp3) is 0.500. The van der Waals surface area contributed by atoms with Crippen LogP contribution in [-0.4, -0.2) is 50.1 Å². The molecule has 1 amide bonds. The van der Waals surface area contributed by atoms with Gasteiger partial charge in [0.2, 0.25) is 5.91 Å². The van der Waals surface area contributed by atoms with Crippen LogP contribution in [-0.2, 0) is 11.2 Å². The summed E-state index contributed by atoms with van der Waals surface area (Å²) in [6.07, 6.45) is 0.920. The van der Waals surface area contributed by atoms with E-state index in [-0.39, 0.29) is 11.9 Å². The van der Waals surface area contributed by atoms with Gasteiger partial charge in [-0.2, -0.15) is 0 Å². The van der Waals surface area contributed by atoms with Crippen molar-refractivity contribution in [2.24, 2.45) is 0 Å². The molecule has 2 aliphatic heterocycles. The Balaban J connectivity index is 1.66. The molecule has 2 heterocycles. The molecule has 3 rings (SSSR count). The van der Waals surface area contributed by atoms with E-state index in [0.29, 0.717) is 0 Å². The second-order valence-electron chi connectivity index (χ2n) is 5.18. The zero-order valence-electron chi connectivity index (χ0n) is 11.1. The van der Waals surface area contributed by atoms with E-state index in [1.54, 1.807) is 0 Å². The Kier molecular flexibility index (Phi) is 3.40. The molecule has 1 aromatic rings. The van der Waals surface area contributed by atoms with E-state index in [2.05, 4.69) is 15.5 Å². The number of nitrogens with one attached hydrogen (secondary N) is 2. The maximum absolute atomic E-state index is 12.2. The zero-order chi connectivity index (χ0) is 13.2. The monoisotopic (exact) mass is 261 g/mol. The van der Waals surface area contributed by atoms with Crippen molar-refractivity contribution in [2.45, 2.75) is 12.5 Å². The normalized spacial score (nSPS) is 22.7. The minimum absolute atomic E-state index is 0.0328.